The maximum Gasteiger partial charge on any atom is 0.326 e. The molecule has 0 radical (unpaired) electrons. The van der Waals surface area contributed by atoms with Gasteiger partial charge in [-0.15, -0.1) is 0 Å². The van der Waals surface area contributed by atoms with Gasteiger partial charge >= 0.3 is 5.97 Å². The number of H-pyrrole nitrogens is 1. The molecule has 0 aliphatic heterocycles. The van der Waals surface area contributed by atoms with E-state index in [1.807, 2.05) is 0 Å². The third-order valence-corrected chi connectivity index (χ3v) is 5.15. The third-order valence-electron chi connectivity index (χ3n) is 4.75. The molecule has 5 amide bonds. The Hall–Kier alpha value is -3.66. The molecule has 0 aliphatic rings. The Morgan fingerprint density at radius 3 is 1.91 bits per heavy atom. The fourth-order valence-corrected chi connectivity index (χ4v) is 3.00. The molecule has 11 N–H and O–H groups in total. The van der Waals surface area contributed by atoms with Gasteiger partial charge in [0.25, 0.3) is 0 Å². The molecule has 0 fully saturated rings. The second-order valence-electron chi connectivity index (χ2n) is 7.60. The molecule has 0 aliphatic carbocycles. The van der Waals surface area contributed by atoms with E-state index in [1.54, 1.807) is 0 Å². The molecular weight excluding hydrogens is 484 g/mol. The monoisotopic (exact) mass is 514 g/mol. The van der Waals surface area contributed by atoms with Crippen LogP contribution in [0.5, 0.6) is 0 Å². The molecule has 1 aromatic rings. The Bertz CT molecular complexity index is 911. The van der Waals surface area contributed by atoms with Crippen molar-refractivity contribution >= 4 is 48.1 Å². The van der Waals surface area contributed by atoms with Crippen LogP contribution in [-0.2, 0) is 35.2 Å². The number of rotatable bonds is 16. The SMILES string of the molecule is NC(=O)CCC(NC(=O)C(Cc1cnc[nH]1)NC(=O)C(CCC(N)=O)NC(=O)C(N)CS)C(=O)O. The Morgan fingerprint density at radius 1 is 0.914 bits per heavy atom. The lowest BCUT2D eigenvalue weighted by atomic mass is 10.1. The van der Waals surface area contributed by atoms with E-state index in [-0.39, 0.29) is 37.9 Å². The summed E-state index contributed by atoms with van der Waals surface area (Å²) >= 11 is 3.92. The Labute approximate surface area is 205 Å². The van der Waals surface area contributed by atoms with Gasteiger partial charge in [0.1, 0.15) is 18.1 Å². The van der Waals surface area contributed by atoms with Crippen LogP contribution in [0.1, 0.15) is 31.4 Å². The first-order valence-electron chi connectivity index (χ1n) is 10.5. The Kier molecular flexibility index (Phi) is 12.2. The first-order chi connectivity index (χ1) is 16.4. The van der Waals surface area contributed by atoms with Gasteiger partial charge in [-0.05, 0) is 12.8 Å². The summed E-state index contributed by atoms with van der Waals surface area (Å²) < 4.78 is 0. The number of hydrogen-bond acceptors (Lipinski definition) is 9. The van der Waals surface area contributed by atoms with E-state index in [9.17, 15) is 33.9 Å². The fourth-order valence-electron chi connectivity index (χ4n) is 2.83. The molecule has 0 spiro atoms. The maximum atomic E-state index is 13.0. The summed E-state index contributed by atoms with van der Waals surface area (Å²) in [5.74, 6) is -5.31. The number of primary amides is 2. The summed E-state index contributed by atoms with van der Waals surface area (Å²) in [6, 6.07) is -5.07. The lowest BCUT2D eigenvalue weighted by Gasteiger charge is -2.24. The van der Waals surface area contributed by atoms with Crippen LogP contribution in [0.3, 0.4) is 0 Å². The first-order valence-corrected chi connectivity index (χ1v) is 11.1. The predicted molar refractivity (Wildman–Crippen MR) is 124 cm³/mol. The van der Waals surface area contributed by atoms with Crippen molar-refractivity contribution in [2.75, 3.05) is 5.75 Å². The molecule has 15 nitrogen and oxygen atoms in total. The van der Waals surface area contributed by atoms with Crippen LogP contribution in [0.25, 0.3) is 0 Å². The number of nitrogens with one attached hydrogen (secondary N) is 4. The second kappa shape index (κ2) is 14.6. The average molecular weight is 515 g/mol. The van der Waals surface area contributed by atoms with Crippen molar-refractivity contribution in [1.82, 2.24) is 25.9 Å². The van der Waals surface area contributed by atoms with Gasteiger partial charge in [0.05, 0.1) is 12.4 Å². The molecule has 0 aromatic carbocycles. The van der Waals surface area contributed by atoms with E-state index in [2.05, 4.69) is 38.5 Å². The predicted octanol–water partition coefficient (Wildman–Crippen LogP) is -3.72. The molecule has 0 bridgehead atoms. The number of carboxylic acid groups (broad SMARTS) is 1. The van der Waals surface area contributed by atoms with E-state index in [1.165, 1.54) is 12.5 Å². The molecule has 16 heteroatoms. The molecule has 1 rings (SSSR count). The molecule has 35 heavy (non-hydrogen) atoms. The summed E-state index contributed by atoms with van der Waals surface area (Å²) in [6.45, 7) is 0. The molecule has 0 saturated heterocycles. The lowest BCUT2D eigenvalue weighted by molar-refractivity contribution is -0.142. The van der Waals surface area contributed by atoms with Crippen LogP contribution in [0.4, 0.5) is 0 Å². The highest BCUT2D eigenvalue weighted by Crippen LogP contribution is 2.05. The minimum absolute atomic E-state index is 0.0112. The van der Waals surface area contributed by atoms with Gasteiger partial charge < -0.3 is 43.2 Å². The van der Waals surface area contributed by atoms with E-state index in [0.29, 0.717) is 5.69 Å². The number of imidazole rings is 1. The first kappa shape index (κ1) is 29.4. The fraction of sp³-hybridized carbons (Fsp3) is 0.526. The van der Waals surface area contributed by atoms with Crippen molar-refractivity contribution in [3.8, 4) is 0 Å². The number of nitrogens with zero attached hydrogens (tertiary/aromatic N) is 1. The zero-order valence-corrected chi connectivity index (χ0v) is 19.6. The number of carbonyl (C=O) groups excluding carboxylic acids is 5. The van der Waals surface area contributed by atoms with E-state index in [0.717, 1.165) is 0 Å². The van der Waals surface area contributed by atoms with Crippen LogP contribution in [0.2, 0.25) is 0 Å². The topological polar surface area (TPSA) is 265 Å². The Balaban J connectivity index is 3.07. The highest BCUT2D eigenvalue weighted by atomic mass is 32.1. The summed E-state index contributed by atoms with van der Waals surface area (Å²) in [5, 5.41) is 16.4. The smallest absolute Gasteiger partial charge is 0.326 e. The highest BCUT2D eigenvalue weighted by molar-refractivity contribution is 7.80. The number of aromatic nitrogens is 2. The van der Waals surface area contributed by atoms with Crippen LogP contribution in [0, 0.1) is 0 Å². The number of thiol groups is 1. The molecule has 4 atom stereocenters. The molecular formula is C19H30N8O7S. The maximum absolute atomic E-state index is 13.0. The van der Waals surface area contributed by atoms with Gasteiger partial charge in [0.2, 0.25) is 29.5 Å². The average Bonchev–Trinajstić information content (AvgIpc) is 3.30. The number of aliphatic carboxylic acids is 1. The third kappa shape index (κ3) is 10.9. The van der Waals surface area contributed by atoms with Crippen molar-refractivity contribution < 1.29 is 33.9 Å². The summed E-state index contributed by atoms with van der Waals surface area (Å²) in [6.07, 6.45) is 1.63. The Morgan fingerprint density at radius 2 is 1.43 bits per heavy atom. The van der Waals surface area contributed by atoms with Gasteiger partial charge in [-0.25, -0.2) is 9.78 Å². The number of amides is 5. The molecule has 194 valence electrons. The van der Waals surface area contributed by atoms with Crippen molar-refractivity contribution in [2.45, 2.75) is 56.3 Å². The van der Waals surface area contributed by atoms with Gasteiger partial charge in [-0.3, -0.25) is 24.0 Å². The number of hydrogen-bond donors (Lipinski definition) is 9. The quantitative estimate of drug-likeness (QED) is 0.0980. The largest absolute Gasteiger partial charge is 0.480 e. The minimum Gasteiger partial charge on any atom is -0.480 e. The van der Waals surface area contributed by atoms with E-state index in [4.69, 9.17) is 17.2 Å². The zero-order valence-electron chi connectivity index (χ0n) is 18.7. The molecule has 1 aromatic heterocycles. The number of carbonyl (C=O) groups is 6. The van der Waals surface area contributed by atoms with Crippen LogP contribution in [-0.4, -0.2) is 80.5 Å². The van der Waals surface area contributed by atoms with Crippen molar-refractivity contribution in [2.24, 2.45) is 17.2 Å². The lowest BCUT2D eigenvalue weighted by Crippen LogP contribution is -2.58. The van der Waals surface area contributed by atoms with E-state index >= 15 is 0 Å². The van der Waals surface area contributed by atoms with Gasteiger partial charge in [-0.2, -0.15) is 12.6 Å². The van der Waals surface area contributed by atoms with Crippen molar-refractivity contribution in [3.63, 3.8) is 0 Å². The summed E-state index contributed by atoms with van der Waals surface area (Å²) in [5.41, 5.74) is 16.2. The highest BCUT2D eigenvalue weighted by Gasteiger charge is 2.31. The minimum atomic E-state index is -1.45. The van der Waals surface area contributed by atoms with Crippen LogP contribution >= 0.6 is 12.6 Å². The second-order valence-corrected chi connectivity index (χ2v) is 7.97. The van der Waals surface area contributed by atoms with Crippen molar-refractivity contribution in [3.05, 3.63) is 18.2 Å². The van der Waals surface area contributed by atoms with Gasteiger partial charge in [0.15, 0.2) is 0 Å². The molecule has 4 unspecified atom stereocenters. The summed E-state index contributed by atoms with van der Waals surface area (Å²) in [7, 11) is 0. The van der Waals surface area contributed by atoms with Gasteiger partial charge in [0, 0.05) is 36.9 Å². The van der Waals surface area contributed by atoms with Crippen molar-refractivity contribution in [1.29, 1.82) is 0 Å². The van der Waals surface area contributed by atoms with Gasteiger partial charge in [-0.1, -0.05) is 0 Å². The van der Waals surface area contributed by atoms with Crippen LogP contribution < -0.4 is 33.2 Å². The molecule has 1 heterocycles. The normalized spacial score (nSPS) is 14.1. The number of nitrogens with two attached hydrogens (primary N) is 3. The van der Waals surface area contributed by atoms with E-state index < -0.39 is 59.7 Å². The number of aromatic amines is 1. The number of carboxylic acids is 1. The summed E-state index contributed by atoms with van der Waals surface area (Å²) in [4.78, 5) is 78.4. The van der Waals surface area contributed by atoms with Crippen LogP contribution in [0.15, 0.2) is 12.5 Å². The standard InChI is InChI=1S/C19H30N8O7S/c20-10(7-35)16(30)25-11(1-3-14(21)28)17(31)27-13(5-9-6-23-8-24-9)18(32)26-12(19(33)34)2-4-15(22)29/h6,8,10-13,35H,1-5,7,20H2,(H2,21,28)(H2,22,29)(H,23,24)(H,25,30)(H,26,32)(H,27,31)(H,33,34). The molecule has 0 saturated carbocycles. The zero-order chi connectivity index (χ0) is 26.5.